The number of rotatable bonds is 3. The van der Waals surface area contributed by atoms with Gasteiger partial charge in [0.15, 0.2) is 0 Å². The van der Waals surface area contributed by atoms with Gasteiger partial charge < -0.3 is 4.98 Å². The lowest BCUT2D eigenvalue weighted by atomic mass is 10.00. The highest BCUT2D eigenvalue weighted by molar-refractivity contribution is 5.35. The minimum atomic E-state index is -4.43. The Morgan fingerprint density at radius 1 is 1.28 bits per heavy atom. The van der Waals surface area contributed by atoms with Crippen LogP contribution in [-0.2, 0) is 6.18 Å². The van der Waals surface area contributed by atoms with Gasteiger partial charge in [0.25, 0.3) is 0 Å². The first-order valence-corrected chi connectivity index (χ1v) is 5.15. The quantitative estimate of drug-likeness (QED) is 0.581. The van der Waals surface area contributed by atoms with Crippen molar-refractivity contribution in [3.05, 3.63) is 53.6 Å². The van der Waals surface area contributed by atoms with E-state index in [1.807, 2.05) is 0 Å². The second-order valence-electron chi connectivity index (χ2n) is 3.66. The Bertz CT molecular complexity index is 507. The zero-order valence-electron chi connectivity index (χ0n) is 9.20. The number of hydrogen-bond donors (Lipinski definition) is 3. The molecule has 7 heteroatoms. The number of aromatic amines is 1. The van der Waals surface area contributed by atoms with Crippen molar-refractivity contribution >= 4 is 0 Å². The number of benzene rings is 1. The summed E-state index contributed by atoms with van der Waals surface area (Å²) in [7, 11) is 0. The van der Waals surface area contributed by atoms with Crippen LogP contribution in [0.1, 0.15) is 23.0 Å². The number of nitrogens with one attached hydrogen (secondary N) is 2. The number of imidazole rings is 1. The molecule has 0 spiro atoms. The van der Waals surface area contributed by atoms with Crippen LogP contribution in [0, 0.1) is 0 Å². The van der Waals surface area contributed by atoms with E-state index in [0.717, 1.165) is 6.07 Å². The molecule has 1 aromatic carbocycles. The summed E-state index contributed by atoms with van der Waals surface area (Å²) >= 11 is 0. The summed E-state index contributed by atoms with van der Waals surface area (Å²) in [5, 5.41) is 0. The molecule has 0 amide bonds. The number of halogens is 3. The second-order valence-corrected chi connectivity index (χ2v) is 3.66. The highest BCUT2D eigenvalue weighted by atomic mass is 19.4. The number of nitrogens with two attached hydrogens (primary N) is 1. The van der Waals surface area contributed by atoms with Crippen LogP contribution in [0.5, 0.6) is 0 Å². The molecule has 0 bridgehead atoms. The molecule has 1 heterocycles. The first kappa shape index (κ1) is 12.6. The van der Waals surface area contributed by atoms with E-state index in [-0.39, 0.29) is 5.56 Å². The molecule has 0 saturated carbocycles. The fourth-order valence-electron chi connectivity index (χ4n) is 1.76. The number of alkyl halides is 3. The molecule has 0 radical (unpaired) electrons. The molecular formula is C11H11F3N4. The topological polar surface area (TPSA) is 66.7 Å². The average Bonchev–Trinajstić information content (AvgIpc) is 2.83. The van der Waals surface area contributed by atoms with E-state index >= 15 is 0 Å². The van der Waals surface area contributed by atoms with Crippen molar-refractivity contribution in [2.24, 2.45) is 5.84 Å². The predicted molar refractivity (Wildman–Crippen MR) is 59.2 cm³/mol. The maximum Gasteiger partial charge on any atom is 0.416 e. The van der Waals surface area contributed by atoms with Gasteiger partial charge in [-0.05, 0) is 11.6 Å². The van der Waals surface area contributed by atoms with E-state index in [9.17, 15) is 13.2 Å². The molecule has 4 nitrogen and oxygen atoms in total. The van der Waals surface area contributed by atoms with Crippen molar-refractivity contribution in [1.29, 1.82) is 0 Å². The van der Waals surface area contributed by atoms with Gasteiger partial charge in [-0.2, -0.15) is 13.2 Å². The monoisotopic (exact) mass is 256 g/mol. The molecule has 2 aromatic rings. The average molecular weight is 256 g/mol. The van der Waals surface area contributed by atoms with Crippen LogP contribution in [0.4, 0.5) is 13.2 Å². The minimum Gasteiger partial charge on any atom is -0.347 e. The van der Waals surface area contributed by atoms with E-state index < -0.39 is 17.8 Å². The third kappa shape index (κ3) is 2.36. The zero-order chi connectivity index (χ0) is 13.2. The normalized spacial score (nSPS) is 13.6. The van der Waals surface area contributed by atoms with Crippen LogP contribution in [0.25, 0.3) is 0 Å². The molecule has 18 heavy (non-hydrogen) atoms. The summed E-state index contributed by atoms with van der Waals surface area (Å²) in [5.41, 5.74) is 1.64. The molecule has 1 atom stereocenters. The maximum atomic E-state index is 12.9. The third-order valence-electron chi connectivity index (χ3n) is 2.54. The van der Waals surface area contributed by atoms with Crippen molar-refractivity contribution in [3.8, 4) is 0 Å². The van der Waals surface area contributed by atoms with Crippen molar-refractivity contribution < 1.29 is 13.2 Å². The zero-order valence-corrected chi connectivity index (χ0v) is 9.20. The molecular weight excluding hydrogens is 245 g/mol. The summed E-state index contributed by atoms with van der Waals surface area (Å²) in [4.78, 5) is 6.67. The molecule has 4 N–H and O–H groups in total. The Labute approximate surface area is 101 Å². The smallest absolute Gasteiger partial charge is 0.347 e. The number of H-pyrrole nitrogens is 1. The maximum absolute atomic E-state index is 12.9. The van der Waals surface area contributed by atoms with E-state index in [4.69, 9.17) is 5.84 Å². The highest BCUT2D eigenvalue weighted by Gasteiger charge is 2.35. The Morgan fingerprint density at radius 2 is 2.00 bits per heavy atom. The van der Waals surface area contributed by atoms with Crippen molar-refractivity contribution in [2.45, 2.75) is 12.2 Å². The van der Waals surface area contributed by atoms with Crippen LogP contribution in [-0.4, -0.2) is 9.97 Å². The van der Waals surface area contributed by atoms with Gasteiger partial charge in [0.05, 0.1) is 5.56 Å². The predicted octanol–water partition coefficient (Wildman–Crippen LogP) is 1.98. The Balaban J connectivity index is 2.50. The summed E-state index contributed by atoms with van der Waals surface area (Å²) < 4.78 is 38.7. The van der Waals surface area contributed by atoms with Crippen LogP contribution in [0.15, 0.2) is 36.7 Å². The van der Waals surface area contributed by atoms with Gasteiger partial charge in [0, 0.05) is 12.4 Å². The van der Waals surface area contributed by atoms with E-state index in [1.54, 1.807) is 0 Å². The van der Waals surface area contributed by atoms with Crippen LogP contribution >= 0.6 is 0 Å². The van der Waals surface area contributed by atoms with Crippen LogP contribution in [0.2, 0.25) is 0 Å². The molecule has 96 valence electrons. The lowest BCUT2D eigenvalue weighted by Gasteiger charge is -2.19. The Morgan fingerprint density at radius 3 is 2.56 bits per heavy atom. The standard InChI is InChI=1S/C11H11F3N4/c12-11(13,14)8-4-2-1-3-7(8)9(18-15)10-16-5-6-17-10/h1-6,9,18H,15H2,(H,16,17). The number of aromatic nitrogens is 2. The molecule has 0 saturated heterocycles. The molecule has 0 aliphatic rings. The second kappa shape index (κ2) is 4.79. The van der Waals surface area contributed by atoms with Gasteiger partial charge in [-0.25, -0.2) is 10.4 Å². The van der Waals surface area contributed by atoms with Gasteiger partial charge in [-0.3, -0.25) is 5.84 Å². The third-order valence-corrected chi connectivity index (χ3v) is 2.54. The van der Waals surface area contributed by atoms with Crippen molar-refractivity contribution in [3.63, 3.8) is 0 Å². The summed E-state index contributed by atoms with van der Waals surface area (Å²) in [6.45, 7) is 0. The van der Waals surface area contributed by atoms with Crippen molar-refractivity contribution in [2.75, 3.05) is 0 Å². The van der Waals surface area contributed by atoms with Crippen LogP contribution < -0.4 is 11.3 Å². The molecule has 0 aliphatic carbocycles. The number of nitrogens with zero attached hydrogens (tertiary/aromatic N) is 1. The fourth-order valence-corrected chi connectivity index (χ4v) is 1.76. The van der Waals surface area contributed by atoms with Gasteiger partial charge in [-0.15, -0.1) is 0 Å². The van der Waals surface area contributed by atoms with Gasteiger partial charge >= 0.3 is 6.18 Å². The lowest BCUT2D eigenvalue weighted by molar-refractivity contribution is -0.138. The van der Waals surface area contributed by atoms with Gasteiger partial charge in [-0.1, -0.05) is 18.2 Å². The number of hydrazine groups is 1. The fraction of sp³-hybridized carbons (Fsp3) is 0.182. The summed E-state index contributed by atoms with van der Waals surface area (Å²) in [5.74, 6) is 5.66. The largest absolute Gasteiger partial charge is 0.416 e. The molecule has 1 unspecified atom stereocenters. The van der Waals surface area contributed by atoms with E-state index in [1.165, 1.54) is 30.6 Å². The van der Waals surface area contributed by atoms with Crippen molar-refractivity contribution in [1.82, 2.24) is 15.4 Å². The first-order chi connectivity index (χ1) is 8.54. The number of hydrogen-bond acceptors (Lipinski definition) is 3. The summed E-state index contributed by atoms with van der Waals surface area (Å²) in [6.07, 6.45) is -1.45. The van der Waals surface area contributed by atoms with Crippen LogP contribution in [0.3, 0.4) is 0 Å². The SMILES string of the molecule is NNC(c1ncc[nH]1)c1ccccc1C(F)(F)F. The Kier molecular flexibility index (Phi) is 3.35. The van der Waals surface area contributed by atoms with Gasteiger partial charge in [0.2, 0.25) is 0 Å². The molecule has 1 aromatic heterocycles. The minimum absolute atomic E-state index is 0.0300. The molecule has 0 aliphatic heterocycles. The molecule has 0 fully saturated rings. The van der Waals surface area contributed by atoms with Gasteiger partial charge in [0.1, 0.15) is 11.9 Å². The first-order valence-electron chi connectivity index (χ1n) is 5.15. The van der Waals surface area contributed by atoms with E-state index in [2.05, 4.69) is 15.4 Å². The van der Waals surface area contributed by atoms with E-state index in [0.29, 0.717) is 5.82 Å². The molecule has 2 rings (SSSR count). The lowest BCUT2D eigenvalue weighted by Crippen LogP contribution is -2.31. The summed E-state index contributed by atoms with van der Waals surface area (Å²) in [6, 6.07) is 4.41. The Hall–Kier alpha value is -1.86. The highest BCUT2D eigenvalue weighted by Crippen LogP contribution is 2.35.